The van der Waals surface area contributed by atoms with Crippen molar-refractivity contribution in [1.29, 1.82) is 0 Å². The molecule has 1 aliphatic rings. The molecule has 1 nitrogen and oxygen atoms in total. The van der Waals surface area contributed by atoms with E-state index in [4.69, 9.17) is 0 Å². The quantitative estimate of drug-likeness (QED) is 0.635. The maximum atomic E-state index is 4.04. The van der Waals surface area contributed by atoms with Crippen molar-refractivity contribution < 1.29 is 0 Å². The van der Waals surface area contributed by atoms with Gasteiger partial charge in [-0.2, -0.15) is 0 Å². The monoisotopic (exact) mass is 221 g/mol. The maximum Gasteiger partial charge on any atom is 0.0141 e. The van der Waals surface area contributed by atoms with Gasteiger partial charge < -0.3 is 5.32 Å². The molecule has 1 rings (SSSR count). The second kappa shape index (κ2) is 7.67. The lowest BCUT2D eigenvalue weighted by Gasteiger charge is -2.22. The van der Waals surface area contributed by atoms with Gasteiger partial charge in [0, 0.05) is 6.04 Å². The van der Waals surface area contributed by atoms with E-state index < -0.39 is 0 Å². The van der Waals surface area contributed by atoms with Gasteiger partial charge >= 0.3 is 0 Å². The molecule has 16 heavy (non-hydrogen) atoms. The van der Waals surface area contributed by atoms with E-state index in [1.54, 1.807) is 5.57 Å². The molecule has 0 amide bonds. The van der Waals surface area contributed by atoms with Crippen molar-refractivity contribution in [1.82, 2.24) is 5.32 Å². The normalized spacial score (nSPS) is 18.0. The molecule has 0 radical (unpaired) electrons. The molecule has 0 aliphatic heterocycles. The maximum absolute atomic E-state index is 4.04. The van der Waals surface area contributed by atoms with Crippen LogP contribution < -0.4 is 5.32 Å². The third-order valence-electron chi connectivity index (χ3n) is 3.17. The second-order valence-electron chi connectivity index (χ2n) is 5.12. The van der Waals surface area contributed by atoms with E-state index in [-0.39, 0.29) is 0 Å². The summed E-state index contributed by atoms with van der Waals surface area (Å²) in [5.74, 6) is 0. The van der Waals surface area contributed by atoms with Gasteiger partial charge in [0.2, 0.25) is 0 Å². The first-order chi connectivity index (χ1) is 7.72. The molecule has 1 atom stereocenters. The van der Waals surface area contributed by atoms with Crippen LogP contribution in [0.1, 0.15) is 58.8 Å². The van der Waals surface area contributed by atoms with Crippen LogP contribution in [-0.4, -0.2) is 12.6 Å². The Morgan fingerprint density at radius 3 is 2.88 bits per heavy atom. The minimum atomic E-state index is 0.613. The fourth-order valence-corrected chi connectivity index (χ4v) is 2.39. The van der Waals surface area contributed by atoms with Crippen LogP contribution in [0.5, 0.6) is 0 Å². The number of nitrogens with one attached hydrogen (secondary N) is 1. The molecule has 0 aromatic heterocycles. The summed E-state index contributed by atoms with van der Waals surface area (Å²) in [4.78, 5) is 0. The highest BCUT2D eigenvalue weighted by molar-refractivity contribution is 5.08. The molecule has 1 aliphatic carbocycles. The van der Waals surface area contributed by atoms with Crippen molar-refractivity contribution in [2.75, 3.05) is 6.54 Å². The molecule has 0 aromatic rings. The van der Waals surface area contributed by atoms with Gasteiger partial charge in [-0.15, -0.1) is 6.58 Å². The molecule has 1 heteroatoms. The van der Waals surface area contributed by atoms with E-state index in [0.717, 1.165) is 13.0 Å². The van der Waals surface area contributed by atoms with Crippen LogP contribution in [0.15, 0.2) is 23.8 Å². The van der Waals surface area contributed by atoms with Gasteiger partial charge in [-0.25, -0.2) is 0 Å². The van der Waals surface area contributed by atoms with Crippen LogP contribution in [0.4, 0.5) is 0 Å². The average molecular weight is 221 g/mol. The van der Waals surface area contributed by atoms with Crippen LogP contribution in [0.3, 0.4) is 0 Å². The van der Waals surface area contributed by atoms with Crippen molar-refractivity contribution in [2.45, 2.75) is 64.8 Å². The highest BCUT2D eigenvalue weighted by Gasteiger charge is 2.12. The predicted octanol–water partition coefficient (Wildman–Crippen LogP) is 4.21. The molecule has 0 aromatic carbocycles. The first kappa shape index (κ1) is 13.5. The molecule has 0 saturated heterocycles. The third-order valence-corrected chi connectivity index (χ3v) is 3.17. The van der Waals surface area contributed by atoms with Gasteiger partial charge in [0.25, 0.3) is 0 Å². The minimum absolute atomic E-state index is 0.613. The van der Waals surface area contributed by atoms with Gasteiger partial charge in [0.05, 0.1) is 0 Å². The van der Waals surface area contributed by atoms with E-state index in [0.29, 0.717) is 6.04 Å². The average Bonchev–Trinajstić information content (AvgIpc) is 2.26. The van der Waals surface area contributed by atoms with Crippen molar-refractivity contribution >= 4 is 0 Å². The van der Waals surface area contributed by atoms with Crippen molar-refractivity contribution in [3.05, 3.63) is 23.8 Å². The molecule has 92 valence electrons. The Hall–Kier alpha value is -0.560. The summed E-state index contributed by atoms with van der Waals surface area (Å²) < 4.78 is 0. The topological polar surface area (TPSA) is 12.0 Å². The summed E-state index contributed by atoms with van der Waals surface area (Å²) in [6, 6.07) is 0.613. The highest BCUT2D eigenvalue weighted by atomic mass is 14.9. The Morgan fingerprint density at radius 1 is 1.50 bits per heavy atom. The Kier molecular flexibility index (Phi) is 6.47. The lowest BCUT2D eigenvalue weighted by atomic mass is 9.92. The van der Waals surface area contributed by atoms with E-state index >= 15 is 0 Å². The molecule has 0 spiro atoms. The summed E-state index contributed by atoms with van der Waals surface area (Å²) >= 11 is 0. The minimum Gasteiger partial charge on any atom is -0.313 e. The fraction of sp³-hybridized carbons (Fsp3) is 0.733. The third kappa shape index (κ3) is 5.50. The zero-order valence-corrected chi connectivity index (χ0v) is 11.0. The number of rotatable bonds is 7. The summed E-state index contributed by atoms with van der Waals surface area (Å²) in [7, 11) is 0. The van der Waals surface area contributed by atoms with E-state index in [1.807, 2.05) is 0 Å². The summed E-state index contributed by atoms with van der Waals surface area (Å²) in [6.45, 7) is 9.53. The Balaban J connectivity index is 2.41. The van der Waals surface area contributed by atoms with Crippen molar-refractivity contribution in [2.24, 2.45) is 0 Å². The highest BCUT2D eigenvalue weighted by Crippen LogP contribution is 2.23. The van der Waals surface area contributed by atoms with E-state index in [2.05, 4.69) is 31.8 Å². The number of allylic oxidation sites excluding steroid dienone is 1. The Bertz CT molecular complexity index is 240. The van der Waals surface area contributed by atoms with Gasteiger partial charge in [0.15, 0.2) is 0 Å². The largest absolute Gasteiger partial charge is 0.313 e. The molecular weight excluding hydrogens is 194 g/mol. The van der Waals surface area contributed by atoms with Crippen LogP contribution >= 0.6 is 0 Å². The Labute approximate surface area is 101 Å². The summed E-state index contributed by atoms with van der Waals surface area (Å²) in [5.41, 5.74) is 2.96. The first-order valence-corrected chi connectivity index (χ1v) is 6.78. The molecule has 0 fully saturated rings. The van der Waals surface area contributed by atoms with Gasteiger partial charge in [-0.1, -0.05) is 24.1 Å². The van der Waals surface area contributed by atoms with E-state index in [9.17, 15) is 0 Å². The first-order valence-electron chi connectivity index (χ1n) is 6.78. The zero-order chi connectivity index (χ0) is 11.8. The molecule has 1 N–H and O–H groups in total. The van der Waals surface area contributed by atoms with Gasteiger partial charge in [-0.05, 0) is 58.4 Å². The standard InChI is InChI=1S/C15H27N/c1-4-10-16-15(11-13(2)3)12-14-8-6-5-7-9-14/h8,15-16H,2,4-7,9-12H2,1,3H3. The molecule has 0 heterocycles. The zero-order valence-electron chi connectivity index (χ0n) is 11.0. The van der Waals surface area contributed by atoms with Crippen LogP contribution in [0, 0.1) is 0 Å². The van der Waals surface area contributed by atoms with E-state index in [1.165, 1.54) is 44.1 Å². The SMILES string of the molecule is C=C(C)CC(CC1=CCCCC1)NCCC. The van der Waals surface area contributed by atoms with Crippen LogP contribution in [-0.2, 0) is 0 Å². The van der Waals surface area contributed by atoms with Gasteiger partial charge in [-0.3, -0.25) is 0 Å². The molecular formula is C15H27N. The van der Waals surface area contributed by atoms with Crippen LogP contribution in [0.25, 0.3) is 0 Å². The number of hydrogen-bond donors (Lipinski definition) is 1. The van der Waals surface area contributed by atoms with Crippen molar-refractivity contribution in [3.8, 4) is 0 Å². The van der Waals surface area contributed by atoms with Crippen molar-refractivity contribution in [3.63, 3.8) is 0 Å². The number of hydrogen-bond acceptors (Lipinski definition) is 1. The summed E-state index contributed by atoms with van der Waals surface area (Å²) in [6.07, 6.45) is 11.4. The molecule has 0 bridgehead atoms. The second-order valence-corrected chi connectivity index (χ2v) is 5.12. The lowest BCUT2D eigenvalue weighted by molar-refractivity contribution is 0.489. The Morgan fingerprint density at radius 2 is 2.31 bits per heavy atom. The smallest absolute Gasteiger partial charge is 0.0141 e. The fourth-order valence-electron chi connectivity index (χ4n) is 2.39. The molecule has 1 unspecified atom stereocenters. The predicted molar refractivity (Wildman–Crippen MR) is 72.7 cm³/mol. The van der Waals surface area contributed by atoms with Gasteiger partial charge in [0.1, 0.15) is 0 Å². The molecule has 0 saturated carbocycles. The van der Waals surface area contributed by atoms with Crippen LogP contribution in [0.2, 0.25) is 0 Å². The lowest BCUT2D eigenvalue weighted by Crippen LogP contribution is -2.30. The summed E-state index contributed by atoms with van der Waals surface area (Å²) in [5, 5.41) is 3.65.